The number of aliphatic hydroxyl groups excluding tert-OH is 1. The van der Waals surface area contributed by atoms with E-state index in [1.807, 2.05) is 16.8 Å². The van der Waals surface area contributed by atoms with Crippen molar-refractivity contribution in [2.45, 2.75) is 12.1 Å². The van der Waals surface area contributed by atoms with Gasteiger partial charge < -0.3 is 10.4 Å². The third kappa shape index (κ3) is 0.948. The summed E-state index contributed by atoms with van der Waals surface area (Å²) in [4.78, 5) is 10.6. The van der Waals surface area contributed by atoms with Gasteiger partial charge >= 0.3 is 0 Å². The van der Waals surface area contributed by atoms with Crippen LogP contribution in [0.5, 0.6) is 0 Å². The van der Waals surface area contributed by atoms with E-state index in [2.05, 4.69) is 5.32 Å². The largest absolute Gasteiger partial charge is 0.381 e. The summed E-state index contributed by atoms with van der Waals surface area (Å²) in [5, 5.41) is 15.6. The molecule has 0 spiro atoms. The first kappa shape index (κ1) is 6.82. The molecule has 3 nitrogen and oxygen atoms in total. The fourth-order valence-corrected chi connectivity index (χ4v) is 1.79. The molecule has 1 aromatic heterocycles. The molecule has 0 radical (unpaired) electrons. The Morgan fingerprint density at radius 3 is 2.91 bits per heavy atom. The Morgan fingerprint density at radius 2 is 2.45 bits per heavy atom. The number of aliphatic hydroxyl groups is 1. The molecule has 11 heavy (non-hydrogen) atoms. The van der Waals surface area contributed by atoms with Gasteiger partial charge in [0.2, 0.25) is 0 Å². The normalized spacial score (nSPS) is 29.4. The highest BCUT2D eigenvalue weighted by molar-refractivity contribution is 7.08. The molecule has 0 saturated carbocycles. The van der Waals surface area contributed by atoms with Gasteiger partial charge in [-0.05, 0) is 22.4 Å². The zero-order chi connectivity index (χ0) is 7.84. The van der Waals surface area contributed by atoms with Crippen LogP contribution in [0.3, 0.4) is 0 Å². The maximum absolute atomic E-state index is 10.6. The Kier molecular flexibility index (Phi) is 1.44. The molecule has 0 aromatic carbocycles. The highest BCUT2D eigenvalue weighted by Crippen LogP contribution is 2.25. The Bertz CT molecular complexity index is 270. The summed E-state index contributed by atoms with van der Waals surface area (Å²) in [5.41, 5.74) is 0.988. The number of rotatable bonds is 1. The number of hydrogen-bond acceptors (Lipinski definition) is 3. The summed E-state index contributed by atoms with van der Waals surface area (Å²) in [6.07, 6.45) is -0.843. The molecule has 2 N–H and O–H groups in total. The predicted molar refractivity (Wildman–Crippen MR) is 41.2 cm³/mol. The van der Waals surface area contributed by atoms with Gasteiger partial charge in [0.25, 0.3) is 5.91 Å². The topological polar surface area (TPSA) is 49.3 Å². The lowest BCUT2D eigenvalue weighted by molar-refractivity contribution is -0.142. The van der Waals surface area contributed by atoms with Crippen molar-refractivity contribution in [1.29, 1.82) is 0 Å². The van der Waals surface area contributed by atoms with Gasteiger partial charge in [0.05, 0.1) is 6.04 Å². The molecule has 1 aliphatic heterocycles. The molecule has 0 aliphatic carbocycles. The minimum atomic E-state index is -0.843. The average Bonchev–Trinajstić information content (AvgIpc) is 2.51. The zero-order valence-corrected chi connectivity index (χ0v) is 6.47. The summed E-state index contributed by atoms with van der Waals surface area (Å²) in [6, 6.07) is 1.73. The second-order valence-corrected chi connectivity index (χ2v) is 3.27. The van der Waals surface area contributed by atoms with Crippen LogP contribution in [0.4, 0.5) is 0 Å². The van der Waals surface area contributed by atoms with E-state index in [-0.39, 0.29) is 11.9 Å². The van der Waals surface area contributed by atoms with E-state index in [1.54, 1.807) is 11.3 Å². The van der Waals surface area contributed by atoms with Gasteiger partial charge in [-0.1, -0.05) is 0 Å². The number of amides is 1. The van der Waals surface area contributed by atoms with E-state index >= 15 is 0 Å². The Hall–Kier alpha value is -0.870. The van der Waals surface area contributed by atoms with Crippen LogP contribution in [-0.2, 0) is 4.79 Å². The van der Waals surface area contributed by atoms with Gasteiger partial charge in [-0.25, -0.2) is 0 Å². The standard InChI is InChI=1S/C7H7NO2S/c9-6-5(8-7(6)10)4-1-2-11-3-4/h1-3,5-6,9H,(H,8,10)/t5-,6+/m0/s1. The lowest BCUT2D eigenvalue weighted by atomic mass is 9.97. The highest BCUT2D eigenvalue weighted by atomic mass is 32.1. The van der Waals surface area contributed by atoms with Gasteiger partial charge in [0.1, 0.15) is 0 Å². The molecule has 1 aromatic rings. The summed E-state index contributed by atoms with van der Waals surface area (Å²) in [5.74, 6) is -0.277. The third-order valence-corrected chi connectivity index (χ3v) is 2.49. The van der Waals surface area contributed by atoms with Crippen molar-refractivity contribution in [3.63, 3.8) is 0 Å². The van der Waals surface area contributed by atoms with E-state index in [4.69, 9.17) is 5.11 Å². The first-order valence-electron chi connectivity index (χ1n) is 3.29. The molecule has 1 aliphatic rings. The van der Waals surface area contributed by atoms with Crippen LogP contribution < -0.4 is 5.32 Å². The second-order valence-electron chi connectivity index (χ2n) is 2.49. The van der Waals surface area contributed by atoms with Gasteiger partial charge in [-0.3, -0.25) is 4.79 Å². The lowest BCUT2D eigenvalue weighted by Crippen LogP contribution is -2.55. The zero-order valence-electron chi connectivity index (χ0n) is 5.65. The maximum atomic E-state index is 10.6. The number of thiophene rings is 1. The fourth-order valence-electron chi connectivity index (χ4n) is 1.09. The first-order chi connectivity index (χ1) is 5.29. The Labute approximate surface area is 67.7 Å². The van der Waals surface area contributed by atoms with E-state index in [1.165, 1.54) is 0 Å². The number of hydrogen-bond donors (Lipinski definition) is 2. The van der Waals surface area contributed by atoms with Crippen LogP contribution in [0.2, 0.25) is 0 Å². The molecular formula is C7H7NO2S. The van der Waals surface area contributed by atoms with Crippen molar-refractivity contribution < 1.29 is 9.90 Å². The van der Waals surface area contributed by atoms with Crippen molar-refractivity contribution in [1.82, 2.24) is 5.32 Å². The molecule has 2 atom stereocenters. The molecule has 0 bridgehead atoms. The minimum Gasteiger partial charge on any atom is -0.381 e. The predicted octanol–water partition coefficient (Wildman–Crippen LogP) is 0.280. The van der Waals surface area contributed by atoms with Crippen LogP contribution in [0.1, 0.15) is 11.6 Å². The summed E-state index contributed by atoms with van der Waals surface area (Å²) in [7, 11) is 0. The van der Waals surface area contributed by atoms with Crippen LogP contribution in [-0.4, -0.2) is 17.1 Å². The molecule has 0 unspecified atom stereocenters. The van der Waals surface area contributed by atoms with Gasteiger partial charge in [0, 0.05) is 0 Å². The Morgan fingerprint density at radius 1 is 1.64 bits per heavy atom. The van der Waals surface area contributed by atoms with E-state index in [0.717, 1.165) is 5.56 Å². The number of carbonyl (C=O) groups excluding carboxylic acids is 1. The van der Waals surface area contributed by atoms with E-state index in [0.29, 0.717) is 0 Å². The van der Waals surface area contributed by atoms with Crippen molar-refractivity contribution in [3.8, 4) is 0 Å². The van der Waals surface area contributed by atoms with E-state index in [9.17, 15) is 4.79 Å². The van der Waals surface area contributed by atoms with Crippen LogP contribution in [0, 0.1) is 0 Å². The molecular weight excluding hydrogens is 162 g/mol. The third-order valence-electron chi connectivity index (χ3n) is 1.78. The van der Waals surface area contributed by atoms with Gasteiger partial charge in [-0.15, -0.1) is 0 Å². The van der Waals surface area contributed by atoms with Gasteiger partial charge in [-0.2, -0.15) is 11.3 Å². The lowest BCUT2D eigenvalue weighted by Gasteiger charge is -2.32. The summed E-state index contributed by atoms with van der Waals surface area (Å²) >= 11 is 1.56. The maximum Gasteiger partial charge on any atom is 0.251 e. The molecule has 4 heteroatoms. The average molecular weight is 169 g/mol. The Balaban J connectivity index is 2.15. The van der Waals surface area contributed by atoms with E-state index < -0.39 is 6.10 Å². The summed E-state index contributed by atoms with van der Waals surface area (Å²) < 4.78 is 0. The van der Waals surface area contributed by atoms with Crippen LogP contribution in [0.15, 0.2) is 16.8 Å². The molecule has 1 fully saturated rings. The van der Waals surface area contributed by atoms with Crippen molar-refractivity contribution in [2.75, 3.05) is 0 Å². The number of nitrogens with one attached hydrogen (secondary N) is 1. The number of carbonyl (C=O) groups is 1. The minimum absolute atomic E-state index is 0.172. The van der Waals surface area contributed by atoms with Crippen LogP contribution >= 0.6 is 11.3 Å². The molecule has 1 saturated heterocycles. The molecule has 2 heterocycles. The SMILES string of the molecule is O=C1N[C@@H](c2ccsc2)[C@H]1O. The summed E-state index contributed by atoms with van der Waals surface area (Å²) in [6.45, 7) is 0. The first-order valence-corrected chi connectivity index (χ1v) is 4.24. The van der Waals surface area contributed by atoms with Gasteiger partial charge in [0.15, 0.2) is 6.10 Å². The molecule has 58 valence electrons. The fraction of sp³-hybridized carbons (Fsp3) is 0.286. The quantitative estimate of drug-likeness (QED) is 0.593. The second kappa shape index (κ2) is 2.32. The van der Waals surface area contributed by atoms with Crippen molar-refractivity contribution >= 4 is 17.2 Å². The molecule has 1 amide bonds. The van der Waals surface area contributed by atoms with Crippen LogP contribution in [0.25, 0.3) is 0 Å². The monoisotopic (exact) mass is 169 g/mol. The van der Waals surface area contributed by atoms with Crippen molar-refractivity contribution in [2.24, 2.45) is 0 Å². The highest BCUT2D eigenvalue weighted by Gasteiger charge is 2.38. The molecule has 2 rings (SSSR count). The number of β-lactam (4-membered cyclic amide) rings is 1. The smallest absolute Gasteiger partial charge is 0.251 e. The van der Waals surface area contributed by atoms with Crippen molar-refractivity contribution in [3.05, 3.63) is 22.4 Å².